The fraction of sp³-hybridized carbons (Fsp3) is 0.600. The Morgan fingerprint density at radius 2 is 2.60 bits per heavy atom. The van der Waals surface area contributed by atoms with Gasteiger partial charge >= 0.3 is 6.21 Å². The molecule has 0 saturated carbocycles. The molecule has 1 heterocycles. The number of Topliss-reactive ketones (excluding diaryl/α,β-unsaturated/α-hetero) is 1. The van der Waals surface area contributed by atoms with Gasteiger partial charge in [-0.1, -0.05) is 0 Å². The molecule has 5 nitrogen and oxygen atoms in total. The summed E-state index contributed by atoms with van der Waals surface area (Å²) in [5, 5.41) is 7.30. The Balaban J connectivity index is 2.56. The number of carbonyl (C=O) groups excluding carboxylic acids is 1. The first-order valence-electron chi connectivity index (χ1n) is 2.95. The Bertz CT molecular complexity index is 216. The second-order valence-electron chi connectivity index (χ2n) is 1.95. The summed E-state index contributed by atoms with van der Waals surface area (Å²) in [5.74, 6) is -0.226. The van der Waals surface area contributed by atoms with Crippen molar-refractivity contribution in [3.05, 3.63) is 0 Å². The monoisotopic (exact) mass is 139 g/mol. The lowest BCUT2D eigenvalue weighted by atomic mass is 10.1. The molecule has 0 aromatic carbocycles. The summed E-state index contributed by atoms with van der Waals surface area (Å²) in [7, 11) is 0. The van der Waals surface area contributed by atoms with Crippen LogP contribution in [0.25, 0.3) is 0 Å². The first-order chi connectivity index (χ1) is 4.84. The van der Waals surface area contributed by atoms with Gasteiger partial charge in [-0.05, 0) is 0 Å². The van der Waals surface area contributed by atoms with E-state index in [4.69, 9.17) is 5.53 Å². The van der Waals surface area contributed by atoms with Crippen LogP contribution in [0.3, 0.4) is 0 Å². The van der Waals surface area contributed by atoms with E-state index >= 15 is 0 Å². The normalized spacial score (nSPS) is 22.2. The fourth-order valence-corrected chi connectivity index (χ4v) is 0.743. The maximum Gasteiger partial charge on any atom is 0.374 e. The molecule has 0 fully saturated rings. The zero-order chi connectivity index (χ0) is 7.40. The van der Waals surface area contributed by atoms with Crippen molar-refractivity contribution in [1.29, 1.82) is 5.53 Å². The van der Waals surface area contributed by atoms with Gasteiger partial charge in [0.1, 0.15) is 6.04 Å². The van der Waals surface area contributed by atoms with Crippen molar-refractivity contribution in [2.75, 3.05) is 6.54 Å². The molecule has 1 unspecified atom stereocenters. The Hall–Kier alpha value is -1.35. The minimum Gasteiger partial charge on any atom is -0.284 e. The van der Waals surface area contributed by atoms with E-state index in [9.17, 15) is 4.79 Å². The van der Waals surface area contributed by atoms with Gasteiger partial charge in [-0.2, -0.15) is 10.2 Å². The zero-order valence-electron chi connectivity index (χ0n) is 5.32. The third-order valence-corrected chi connectivity index (χ3v) is 1.24. The van der Waals surface area contributed by atoms with Crippen molar-refractivity contribution in [2.45, 2.75) is 12.5 Å². The average Bonchev–Trinajstić information content (AvgIpc) is 2.38. The maximum absolute atomic E-state index is 10.8. The first kappa shape index (κ1) is 6.77. The van der Waals surface area contributed by atoms with Crippen molar-refractivity contribution in [3.63, 3.8) is 0 Å². The van der Waals surface area contributed by atoms with Crippen LogP contribution >= 0.6 is 0 Å². The minimum atomic E-state index is -0.367. The molecule has 0 aromatic heterocycles. The number of azo groups is 1. The molecule has 1 aliphatic rings. The zero-order valence-corrected chi connectivity index (χ0v) is 5.32. The average molecular weight is 139 g/mol. The van der Waals surface area contributed by atoms with Crippen molar-refractivity contribution in [2.24, 2.45) is 10.2 Å². The largest absolute Gasteiger partial charge is 0.374 e. The van der Waals surface area contributed by atoms with E-state index in [-0.39, 0.29) is 11.8 Å². The number of ketones is 1. The highest BCUT2D eigenvalue weighted by molar-refractivity contribution is 6.27. The Labute approximate surface area is 57.4 Å². The number of nitrogens with zero attached hydrogens (tertiary/aromatic N) is 3. The van der Waals surface area contributed by atoms with Gasteiger partial charge in [0, 0.05) is 6.42 Å². The topological polar surface area (TPSA) is 79.7 Å². The molecule has 52 valence electrons. The molecule has 0 bridgehead atoms. The number of nitrogens with one attached hydrogen (secondary N) is 1. The molecule has 1 atom stereocenters. The van der Waals surface area contributed by atoms with Gasteiger partial charge in [0.15, 0.2) is 0 Å². The van der Waals surface area contributed by atoms with Gasteiger partial charge in [0.05, 0.1) is 16.9 Å². The molecule has 0 spiro atoms. The second kappa shape index (κ2) is 2.98. The summed E-state index contributed by atoms with van der Waals surface area (Å²) in [4.78, 5) is 13.7. The Morgan fingerprint density at radius 3 is 3.10 bits per heavy atom. The van der Waals surface area contributed by atoms with Crippen LogP contribution in [0.4, 0.5) is 0 Å². The van der Waals surface area contributed by atoms with Gasteiger partial charge in [0.25, 0.3) is 5.78 Å². The van der Waals surface area contributed by atoms with Gasteiger partial charge < -0.3 is 0 Å². The predicted octanol–water partition coefficient (Wildman–Crippen LogP) is 0.0900. The fourth-order valence-electron chi connectivity index (χ4n) is 0.743. The van der Waals surface area contributed by atoms with Crippen LogP contribution in [0.1, 0.15) is 6.42 Å². The molecule has 0 aromatic rings. The highest BCUT2D eigenvalue weighted by Crippen LogP contribution is 2.06. The molecule has 1 aliphatic heterocycles. The van der Waals surface area contributed by atoms with E-state index in [0.29, 0.717) is 13.0 Å². The summed E-state index contributed by atoms with van der Waals surface area (Å²) < 4.78 is 0. The Morgan fingerprint density at radius 1 is 1.80 bits per heavy atom. The summed E-state index contributed by atoms with van der Waals surface area (Å²) in [6.07, 6.45) is 1.62. The lowest BCUT2D eigenvalue weighted by Gasteiger charge is -1.90. The van der Waals surface area contributed by atoms with Crippen molar-refractivity contribution in [1.82, 2.24) is 0 Å². The van der Waals surface area contributed by atoms with Crippen LogP contribution in [-0.2, 0) is 4.79 Å². The smallest absolute Gasteiger partial charge is 0.284 e. The number of hydrogen-bond acceptors (Lipinski definition) is 4. The molecular weight excluding hydrogens is 132 g/mol. The quantitative estimate of drug-likeness (QED) is 0.328. The van der Waals surface area contributed by atoms with E-state index in [1.807, 2.05) is 0 Å². The highest BCUT2D eigenvalue weighted by Gasteiger charge is 2.22. The van der Waals surface area contributed by atoms with E-state index in [1.165, 1.54) is 0 Å². The summed E-state index contributed by atoms with van der Waals surface area (Å²) in [5.41, 5.74) is 6.37. The molecule has 0 saturated heterocycles. The minimum absolute atomic E-state index is 0.226. The van der Waals surface area contributed by atoms with E-state index in [0.717, 1.165) is 6.21 Å². The molecule has 1 rings (SSSR count). The Kier molecular flexibility index (Phi) is 2.02. The van der Waals surface area contributed by atoms with Crippen LogP contribution in [0.5, 0.6) is 0 Å². The van der Waals surface area contributed by atoms with Crippen molar-refractivity contribution < 1.29 is 9.58 Å². The van der Waals surface area contributed by atoms with E-state index in [2.05, 4.69) is 15.0 Å². The summed E-state index contributed by atoms with van der Waals surface area (Å²) in [6.45, 7) is 0.613. The maximum atomic E-state index is 10.8. The molecule has 1 N–H and O–H groups in total. The van der Waals surface area contributed by atoms with E-state index in [1.54, 1.807) is 0 Å². The third kappa shape index (κ3) is 1.33. The van der Waals surface area contributed by atoms with Gasteiger partial charge in [-0.3, -0.25) is 4.79 Å². The molecular formula is C5H7N4O+. The molecule has 0 radical (unpaired) electrons. The van der Waals surface area contributed by atoms with Gasteiger partial charge in [-0.25, -0.2) is 0 Å². The van der Waals surface area contributed by atoms with Crippen LogP contribution in [-0.4, -0.2) is 29.4 Å². The first-order valence-corrected chi connectivity index (χ1v) is 2.95. The van der Waals surface area contributed by atoms with Gasteiger partial charge in [0.2, 0.25) is 0 Å². The number of hydrogen-bond donors (Lipinski definition) is 1. The van der Waals surface area contributed by atoms with Crippen LogP contribution < -0.4 is 0 Å². The van der Waals surface area contributed by atoms with Crippen molar-refractivity contribution >= 4 is 12.0 Å². The van der Waals surface area contributed by atoms with Crippen LogP contribution in [0.15, 0.2) is 10.2 Å². The predicted molar refractivity (Wildman–Crippen MR) is 32.2 cm³/mol. The lowest BCUT2D eigenvalue weighted by molar-refractivity contribution is -0.131. The summed E-state index contributed by atoms with van der Waals surface area (Å²) >= 11 is 0. The lowest BCUT2D eigenvalue weighted by Crippen LogP contribution is -2.17. The molecule has 0 amide bonds. The highest BCUT2D eigenvalue weighted by atomic mass is 16.1. The molecule has 10 heavy (non-hydrogen) atoms. The second-order valence-corrected chi connectivity index (χ2v) is 1.95. The number of carbonyl (C=O) groups is 1. The SMILES string of the molecule is N=[N+]=CC(=O)C1CCN=N1. The van der Waals surface area contributed by atoms with Crippen molar-refractivity contribution in [3.8, 4) is 0 Å². The van der Waals surface area contributed by atoms with Crippen LogP contribution in [0.2, 0.25) is 0 Å². The van der Waals surface area contributed by atoms with Crippen LogP contribution in [0, 0.1) is 5.53 Å². The van der Waals surface area contributed by atoms with Gasteiger partial charge in [-0.15, -0.1) is 0 Å². The molecule has 5 heteroatoms. The number of rotatable bonds is 2. The molecule has 0 aliphatic carbocycles. The summed E-state index contributed by atoms with van der Waals surface area (Å²) in [6, 6.07) is -0.367. The third-order valence-electron chi connectivity index (χ3n) is 1.24. The standard InChI is InChI=1S/C5H7N4O/c6-7-3-5(10)4-1-2-8-9-4/h3-4,6H,1-2H2/q+1. The van der Waals surface area contributed by atoms with E-state index < -0.39 is 0 Å².